The van der Waals surface area contributed by atoms with Crippen LogP contribution in [0.1, 0.15) is 15.9 Å². The van der Waals surface area contributed by atoms with Crippen molar-refractivity contribution < 1.29 is 9.63 Å². The number of carbonyl (C=O) groups excluding carboxylic acids is 1. The van der Waals surface area contributed by atoms with Crippen molar-refractivity contribution in [3.8, 4) is 0 Å². The zero-order valence-corrected chi connectivity index (χ0v) is 11.0. The SMILES string of the molecule is O=C(O/N=C\c1ccccc1)c1cccc(Br)c1. The minimum absolute atomic E-state index is 0.453. The van der Waals surface area contributed by atoms with E-state index in [-0.39, 0.29) is 0 Å². The second kappa shape index (κ2) is 6.12. The van der Waals surface area contributed by atoms with Crippen molar-refractivity contribution in [3.05, 3.63) is 70.2 Å². The van der Waals surface area contributed by atoms with Gasteiger partial charge in [0.2, 0.25) is 0 Å². The van der Waals surface area contributed by atoms with E-state index in [4.69, 9.17) is 4.84 Å². The van der Waals surface area contributed by atoms with Crippen molar-refractivity contribution in [2.75, 3.05) is 0 Å². The fourth-order valence-electron chi connectivity index (χ4n) is 1.34. The predicted molar refractivity (Wildman–Crippen MR) is 73.6 cm³/mol. The lowest BCUT2D eigenvalue weighted by Gasteiger charge is -1.98. The summed E-state index contributed by atoms with van der Waals surface area (Å²) >= 11 is 3.29. The summed E-state index contributed by atoms with van der Waals surface area (Å²) in [5.41, 5.74) is 1.33. The van der Waals surface area contributed by atoms with Crippen LogP contribution in [0.3, 0.4) is 0 Å². The summed E-state index contributed by atoms with van der Waals surface area (Å²) in [5.74, 6) is -0.483. The molecular formula is C14H10BrNO2. The maximum atomic E-state index is 11.6. The molecular weight excluding hydrogens is 294 g/mol. The van der Waals surface area contributed by atoms with Crippen molar-refractivity contribution >= 4 is 28.1 Å². The Bertz CT molecular complexity index is 567. The number of rotatable bonds is 3. The molecule has 0 atom stereocenters. The second-order valence-corrected chi connectivity index (χ2v) is 4.45. The Labute approximate surface area is 113 Å². The van der Waals surface area contributed by atoms with Crippen LogP contribution in [0.4, 0.5) is 0 Å². The first-order chi connectivity index (χ1) is 8.75. The van der Waals surface area contributed by atoms with Crippen molar-refractivity contribution in [1.29, 1.82) is 0 Å². The van der Waals surface area contributed by atoms with Crippen LogP contribution in [0.2, 0.25) is 0 Å². The van der Waals surface area contributed by atoms with Crippen molar-refractivity contribution in [2.24, 2.45) is 5.16 Å². The number of hydrogen-bond acceptors (Lipinski definition) is 3. The molecule has 0 aliphatic rings. The van der Waals surface area contributed by atoms with E-state index >= 15 is 0 Å². The van der Waals surface area contributed by atoms with Crippen molar-refractivity contribution in [2.45, 2.75) is 0 Å². The normalized spacial score (nSPS) is 10.5. The molecule has 0 unspecified atom stereocenters. The Morgan fingerprint density at radius 3 is 2.61 bits per heavy atom. The number of carbonyl (C=O) groups is 1. The molecule has 2 rings (SSSR count). The molecule has 0 aromatic heterocycles. The molecule has 90 valence electrons. The molecule has 0 fully saturated rings. The largest absolute Gasteiger partial charge is 0.365 e. The molecule has 0 heterocycles. The molecule has 3 nitrogen and oxygen atoms in total. The van der Waals surface area contributed by atoms with Gasteiger partial charge in [-0.2, -0.15) is 0 Å². The van der Waals surface area contributed by atoms with E-state index in [2.05, 4.69) is 21.1 Å². The first-order valence-corrected chi connectivity index (χ1v) is 6.10. The molecule has 18 heavy (non-hydrogen) atoms. The predicted octanol–water partition coefficient (Wildman–Crippen LogP) is 3.64. The summed E-state index contributed by atoms with van der Waals surface area (Å²) in [6, 6.07) is 16.4. The van der Waals surface area contributed by atoms with Crippen molar-refractivity contribution in [1.82, 2.24) is 0 Å². The zero-order valence-electron chi connectivity index (χ0n) is 9.42. The molecule has 2 aromatic carbocycles. The molecule has 0 bridgehead atoms. The summed E-state index contributed by atoms with van der Waals surface area (Å²) in [4.78, 5) is 16.4. The molecule has 0 amide bonds. The molecule has 0 N–H and O–H groups in total. The van der Waals surface area contributed by atoms with Crippen LogP contribution in [0.15, 0.2) is 64.2 Å². The second-order valence-electron chi connectivity index (χ2n) is 3.53. The maximum absolute atomic E-state index is 11.6. The quantitative estimate of drug-likeness (QED) is 0.493. The van der Waals surface area contributed by atoms with Gasteiger partial charge in [0.25, 0.3) is 0 Å². The minimum atomic E-state index is -0.483. The van der Waals surface area contributed by atoms with Crippen LogP contribution in [-0.2, 0) is 4.84 Å². The highest BCUT2D eigenvalue weighted by atomic mass is 79.9. The lowest BCUT2D eigenvalue weighted by Crippen LogP contribution is -2.00. The van der Waals surface area contributed by atoms with Gasteiger partial charge < -0.3 is 4.84 Å². The number of halogens is 1. The fraction of sp³-hybridized carbons (Fsp3) is 0. The molecule has 0 aliphatic carbocycles. The van der Waals surface area contributed by atoms with Crippen LogP contribution < -0.4 is 0 Å². The Morgan fingerprint density at radius 1 is 1.11 bits per heavy atom. The highest BCUT2D eigenvalue weighted by Gasteiger charge is 2.06. The maximum Gasteiger partial charge on any atom is 0.365 e. The molecule has 2 aromatic rings. The van der Waals surface area contributed by atoms with E-state index in [1.165, 1.54) is 6.21 Å². The van der Waals surface area contributed by atoms with E-state index in [1.807, 2.05) is 36.4 Å². The van der Waals surface area contributed by atoms with Gasteiger partial charge in [0.1, 0.15) is 0 Å². The van der Waals surface area contributed by atoms with Gasteiger partial charge in [0.15, 0.2) is 0 Å². The number of nitrogens with zero attached hydrogens (tertiary/aromatic N) is 1. The van der Waals surface area contributed by atoms with Crippen LogP contribution in [0.5, 0.6) is 0 Å². The number of oxime groups is 1. The average molecular weight is 304 g/mol. The number of hydrogen-bond donors (Lipinski definition) is 0. The van der Waals surface area contributed by atoms with Crippen LogP contribution >= 0.6 is 15.9 Å². The van der Waals surface area contributed by atoms with Gasteiger partial charge in [-0.25, -0.2) is 4.79 Å². The minimum Gasteiger partial charge on any atom is -0.313 e. The number of benzene rings is 2. The fourth-order valence-corrected chi connectivity index (χ4v) is 1.74. The monoisotopic (exact) mass is 303 g/mol. The van der Waals surface area contributed by atoms with Gasteiger partial charge in [-0.15, -0.1) is 0 Å². The first-order valence-electron chi connectivity index (χ1n) is 5.31. The van der Waals surface area contributed by atoms with Crippen LogP contribution in [-0.4, -0.2) is 12.2 Å². The highest BCUT2D eigenvalue weighted by molar-refractivity contribution is 9.10. The third-order valence-electron chi connectivity index (χ3n) is 2.20. The van der Waals surface area contributed by atoms with E-state index in [0.29, 0.717) is 5.56 Å². The molecule has 4 heteroatoms. The third kappa shape index (κ3) is 3.53. The Hall–Kier alpha value is -1.94. The highest BCUT2D eigenvalue weighted by Crippen LogP contribution is 2.12. The molecule has 0 spiro atoms. The van der Waals surface area contributed by atoms with Crippen LogP contribution in [0, 0.1) is 0 Å². The zero-order chi connectivity index (χ0) is 12.8. The molecule has 0 aliphatic heterocycles. The van der Waals surface area contributed by atoms with Gasteiger partial charge >= 0.3 is 5.97 Å². The summed E-state index contributed by atoms with van der Waals surface area (Å²) in [6.07, 6.45) is 1.50. The van der Waals surface area contributed by atoms with Gasteiger partial charge in [-0.3, -0.25) is 0 Å². The Kier molecular flexibility index (Phi) is 4.25. The summed E-state index contributed by atoms with van der Waals surface area (Å²) < 4.78 is 0.823. The topological polar surface area (TPSA) is 38.7 Å². The smallest absolute Gasteiger partial charge is 0.313 e. The van der Waals surface area contributed by atoms with E-state index in [9.17, 15) is 4.79 Å². The van der Waals surface area contributed by atoms with Gasteiger partial charge in [-0.1, -0.05) is 57.5 Å². The molecule has 0 saturated carbocycles. The van der Waals surface area contributed by atoms with Crippen LogP contribution in [0.25, 0.3) is 0 Å². The first kappa shape index (κ1) is 12.5. The molecule has 0 radical (unpaired) electrons. The van der Waals surface area contributed by atoms with E-state index < -0.39 is 5.97 Å². The van der Waals surface area contributed by atoms with Gasteiger partial charge in [-0.05, 0) is 23.8 Å². The summed E-state index contributed by atoms with van der Waals surface area (Å²) in [6.45, 7) is 0. The van der Waals surface area contributed by atoms with E-state index in [0.717, 1.165) is 10.0 Å². The van der Waals surface area contributed by atoms with Gasteiger partial charge in [0.05, 0.1) is 11.8 Å². The Morgan fingerprint density at radius 2 is 1.89 bits per heavy atom. The van der Waals surface area contributed by atoms with Gasteiger partial charge in [0, 0.05) is 4.47 Å². The standard InChI is InChI=1S/C14H10BrNO2/c15-13-8-4-7-12(9-13)14(17)18-16-10-11-5-2-1-3-6-11/h1-10H/b16-10-. The average Bonchev–Trinajstić information content (AvgIpc) is 2.40. The Balaban J connectivity index is 1.99. The van der Waals surface area contributed by atoms with Crippen molar-refractivity contribution in [3.63, 3.8) is 0 Å². The lowest BCUT2D eigenvalue weighted by molar-refractivity contribution is 0.0519. The third-order valence-corrected chi connectivity index (χ3v) is 2.69. The lowest BCUT2D eigenvalue weighted by atomic mass is 10.2. The van der Waals surface area contributed by atoms with E-state index in [1.54, 1.807) is 18.2 Å². The summed E-state index contributed by atoms with van der Waals surface area (Å²) in [7, 11) is 0. The molecule has 0 saturated heterocycles. The summed E-state index contributed by atoms with van der Waals surface area (Å²) in [5, 5.41) is 3.66.